The number of hydrogen-bond donors (Lipinski definition) is 2. The van der Waals surface area contributed by atoms with Gasteiger partial charge in [-0.1, -0.05) is 25.1 Å². The number of para-hydroxylation sites is 2. The highest BCUT2D eigenvalue weighted by atomic mass is 16.5. The molecule has 1 unspecified atom stereocenters. The van der Waals surface area contributed by atoms with Crippen LogP contribution in [0.4, 0.5) is 23.1 Å². The molecule has 1 aliphatic carbocycles. The van der Waals surface area contributed by atoms with Gasteiger partial charge in [-0.05, 0) is 61.6 Å². The third-order valence-electron chi connectivity index (χ3n) is 5.18. The number of Topliss-reactive ketones (excluding diaryl/α,β-unsaturated/α-hetero) is 1. The smallest absolute Gasteiger partial charge is 0.229 e. The Morgan fingerprint density at radius 2 is 1.73 bits per heavy atom. The van der Waals surface area contributed by atoms with Gasteiger partial charge < -0.3 is 15.4 Å². The first-order valence-electron chi connectivity index (χ1n) is 10.1. The van der Waals surface area contributed by atoms with Gasteiger partial charge in [0, 0.05) is 12.1 Å². The number of ketones is 1. The number of carbonyl (C=O) groups is 1. The molecule has 6 nitrogen and oxygen atoms in total. The zero-order valence-corrected chi connectivity index (χ0v) is 17.7. The molecule has 0 saturated heterocycles. The third kappa shape index (κ3) is 4.13. The number of ether oxygens (including phenoxy) is 1. The monoisotopic (exact) mass is 402 g/mol. The molecule has 0 saturated carbocycles. The Labute approximate surface area is 176 Å². The van der Waals surface area contributed by atoms with Gasteiger partial charge in [0.1, 0.15) is 11.6 Å². The first-order valence-corrected chi connectivity index (χ1v) is 10.1. The number of aryl methyl sites for hydroxylation is 2. The largest absolute Gasteiger partial charge is 0.495 e. The molecule has 1 aliphatic rings. The highest BCUT2D eigenvalue weighted by Gasteiger charge is 2.28. The van der Waals surface area contributed by atoms with E-state index < -0.39 is 0 Å². The quantitative estimate of drug-likeness (QED) is 0.599. The van der Waals surface area contributed by atoms with Gasteiger partial charge in [-0.25, -0.2) is 4.98 Å². The second-order valence-corrected chi connectivity index (χ2v) is 7.98. The topological polar surface area (TPSA) is 76.1 Å². The average molecular weight is 402 g/mol. The van der Waals surface area contributed by atoms with Crippen LogP contribution in [0, 0.1) is 19.8 Å². The maximum Gasteiger partial charge on any atom is 0.229 e. The van der Waals surface area contributed by atoms with Crippen LogP contribution in [0.3, 0.4) is 0 Å². The number of carbonyl (C=O) groups excluding carboxylic acids is 1. The van der Waals surface area contributed by atoms with E-state index in [-0.39, 0.29) is 11.7 Å². The lowest BCUT2D eigenvalue weighted by Gasteiger charge is -2.23. The molecule has 2 aromatic carbocycles. The second-order valence-electron chi connectivity index (χ2n) is 7.98. The summed E-state index contributed by atoms with van der Waals surface area (Å²) in [5.74, 6) is 2.02. The Morgan fingerprint density at radius 3 is 2.47 bits per heavy atom. The van der Waals surface area contributed by atoms with Crippen LogP contribution in [0.5, 0.6) is 5.75 Å². The van der Waals surface area contributed by atoms with E-state index in [1.807, 2.05) is 36.4 Å². The van der Waals surface area contributed by atoms with Gasteiger partial charge in [0.2, 0.25) is 5.95 Å². The molecule has 1 aromatic heterocycles. The van der Waals surface area contributed by atoms with E-state index in [0.29, 0.717) is 29.5 Å². The lowest BCUT2D eigenvalue weighted by molar-refractivity contribution is 0.0953. The van der Waals surface area contributed by atoms with Crippen LogP contribution in [-0.4, -0.2) is 22.9 Å². The van der Waals surface area contributed by atoms with E-state index in [4.69, 9.17) is 4.74 Å². The predicted molar refractivity (Wildman–Crippen MR) is 119 cm³/mol. The Balaban J connectivity index is 1.78. The van der Waals surface area contributed by atoms with Crippen LogP contribution in [0.15, 0.2) is 42.5 Å². The highest BCUT2D eigenvalue weighted by molar-refractivity contribution is 6.03. The first kappa shape index (κ1) is 19.9. The summed E-state index contributed by atoms with van der Waals surface area (Å²) in [6.45, 7) is 6.18. The van der Waals surface area contributed by atoms with Crippen LogP contribution in [0.25, 0.3) is 0 Å². The number of hydrogen-bond acceptors (Lipinski definition) is 6. The first-order chi connectivity index (χ1) is 14.4. The summed E-state index contributed by atoms with van der Waals surface area (Å²) in [4.78, 5) is 22.2. The molecule has 154 valence electrons. The van der Waals surface area contributed by atoms with Crippen LogP contribution in [0.2, 0.25) is 0 Å². The van der Waals surface area contributed by atoms with Crippen LogP contribution < -0.4 is 15.4 Å². The fraction of sp³-hybridized carbons (Fsp3) is 0.292. The number of methoxy groups -OCH3 is 1. The van der Waals surface area contributed by atoms with Crippen molar-refractivity contribution in [3.63, 3.8) is 0 Å². The van der Waals surface area contributed by atoms with E-state index in [9.17, 15) is 4.79 Å². The molecule has 30 heavy (non-hydrogen) atoms. The molecule has 1 heterocycles. The number of benzene rings is 2. The van der Waals surface area contributed by atoms with Gasteiger partial charge in [-0.3, -0.25) is 4.79 Å². The summed E-state index contributed by atoms with van der Waals surface area (Å²) in [6, 6.07) is 13.8. The Kier molecular flexibility index (Phi) is 5.40. The molecule has 2 N–H and O–H groups in total. The summed E-state index contributed by atoms with van der Waals surface area (Å²) in [7, 11) is 1.63. The molecule has 0 radical (unpaired) electrons. The average Bonchev–Trinajstić information content (AvgIpc) is 2.67. The van der Waals surface area contributed by atoms with Crippen molar-refractivity contribution in [3.05, 3.63) is 64.8 Å². The highest BCUT2D eigenvalue weighted by Crippen LogP contribution is 2.33. The number of anilines is 4. The molecule has 0 spiro atoms. The maximum atomic E-state index is 12.9. The zero-order valence-electron chi connectivity index (χ0n) is 17.7. The Bertz CT molecular complexity index is 1090. The van der Waals surface area contributed by atoms with Crippen molar-refractivity contribution in [2.24, 2.45) is 5.92 Å². The van der Waals surface area contributed by atoms with Crippen molar-refractivity contribution in [1.29, 1.82) is 0 Å². The minimum absolute atomic E-state index is 0.0828. The summed E-state index contributed by atoms with van der Waals surface area (Å²) in [5.41, 5.74) is 5.34. The Morgan fingerprint density at radius 1 is 1.00 bits per heavy atom. The molecule has 6 heteroatoms. The van der Waals surface area contributed by atoms with Crippen LogP contribution in [-0.2, 0) is 6.42 Å². The normalized spacial score (nSPS) is 15.5. The summed E-state index contributed by atoms with van der Waals surface area (Å²) >= 11 is 0. The van der Waals surface area contributed by atoms with Crippen LogP contribution >= 0.6 is 0 Å². The van der Waals surface area contributed by atoms with E-state index in [1.165, 1.54) is 0 Å². The van der Waals surface area contributed by atoms with E-state index in [0.717, 1.165) is 34.6 Å². The number of aromatic nitrogens is 2. The fourth-order valence-corrected chi connectivity index (χ4v) is 3.97. The molecule has 0 fully saturated rings. The van der Waals surface area contributed by atoms with E-state index in [1.54, 1.807) is 7.11 Å². The van der Waals surface area contributed by atoms with Gasteiger partial charge >= 0.3 is 0 Å². The predicted octanol–water partition coefficient (Wildman–Crippen LogP) is 5.35. The molecule has 1 atom stereocenters. The number of nitrogens with one attached hydrogen (secondary N) is 2. The molecule has 0 aliphatic heterocycles. The fourth-order valence-electron chi connectivity index (χ4n) is 3.97. The van der Waals surface area contributed by atoms with Crippen molar-refractivity contribution in [2.45, 2.75) is 33.6 Å². The minimum atomic E-state index is 0.0828. The van der Waals surface area contributed by atoms with Crippen LogP contribution in [0.1, 0.15) is 40.5 Å². The molecular weight excluding hydrogens is 376 g/mol. The number of fused-ring (bicyclic) bond motifs is 1. The van der Waals surface area contributed by atoms with Gasteiger partial charge in [-0.2, -0.15) is 4.98 Å². The lowest BCUT2D eigenvalue weighted by Crippen LogP contribution is -2.22. The zero-order chi connectivity index (χ0) is 21.3. The van der Waals surface area contributed by atoms with Crippen molar-refractivity contribution < 1.29 is 9.53 Å². The van der Waals surface area contributed by atoms with E-state index in [2.05, 4.69) is 47.4 Å². The summed E-state index contributed by atoms with van der Waals surface area (Å²) in [5, 5.41) is 6.62. The second kappa shape index (κ2) is 8.14. The summed E-state index contributed by atoms with van der Waals surface area (Å²) in [6.07, 6.45) is 1.25. The van der Waals surface area contributed by atoms with Gasteiger partial charge in [0.25, 0.3) is 0 Å². The van der Waals surface area contributed by atoms with Crippen molar-refractivity contribution >= 4 is 28.9 Å². The molecule has 0 bridgehead atoms. The van der Waals surface area contributed by atoms with Crippen molar-refractivity contribution in [1.82, 2.24) is 9.97 Å². The van der Waals surface area contributed by atoms with Gasteiger partial charge in [-0.15, -0.1) is 0 Å². The Hall–Kier alpha value is -3.41. The number of rotatable bonds is 5. The van der Waals surface area contributed by atoms with Crippen molar-refractivity contribution in [3.8, 4) is 5.75 Å². The molecular formula is C24H26N4O2. The molecule has 3 aromatic rings. The molecule has 0 amide bonds. The molecule has 4 rings (SSSR count). The summed E-state index contributed by atoms with van der Waals surface area (Å²) < 4.78 is 5.43. The third-order valence-corrected chi connectivity index (χ3v) is 5.18. The van der Waals surface area contributed by atoms with Gasteiger partial charge in [0.05, 0.1) is 24.1 Å². The number of nitrogens with zero attached hydrogens (tertiary/aromatic N) is 2. The van der Waals surface area contributed by atoms with E-state index >= 15 is 0 Å². The van der Waals surface area contributed by atoms with Crippen molar-refractivity contribution in [2.75, 3.05) is 17.7 Å². The SMILES string of the molecule is COc1ccccc1Nc1nc2c(c(Nc3cc(C)cc(C)c3)n1)C(=O)CC(C)C2. The van der Waals surface area contributed by atoms with Gasteiger partial charge in [0.15, 0.2) is 5.78 Å². The standard InChI is InChI=1S/C24H26N4O2/c1-14-9-15(2)11-17(10-14)25-23-22-19(12-16(3)13-20(22)29)27-24(28-23)26-18-7-5-6-8-21(18)30-4/h5-11,16H,12-13H2,1-4H3,(H2,25,26,27,28). The lowest BCUT2D eigenvalue weighted by atomic mass is 9.87. The minimum Gasteiger partial charge on any atom is -0.495 e. The maximum absolute atomic E-state index is 12.9.